The van der Waals surface area contributed by atoms with Gasteiger partial charge in [-0.25, -0.2) is 14.4 Å². The minimum absolute atomic E-state index is 0.0598. The number of carbonyl (C=O) groups excluding carboxylic acids is 1. The monoisotopic (exact) mass is 803 g/mol. The molecule has 0 radical (unpaired) electrons. The van der Waals surface area contributed by atoms with Crippen LogP contribution in [0.15, 0.2) is 48.7 Å². The Labute approximate surface area is 341 Å². The second kappa shape index (κ2) is 13.6. The number of hydrogen-bond donors (Lipinski definition) is 1. The fourth-order valence-corrected chi connectivity index (χ4v) is 11.1. The van der Waals surface area contributed by atoms with Crippen LogP contribution in [0.1, 0.15) is 74.0 Å². The number of likely N-dealkylation sites (tertiary alicyclic amines) is 1. The van der Waals surface area contributed by atoms with Gasteiger partial charge in [-0.15, -0.1) is 0 Å². The molecule has 57 heavy (non-hydrogen) atoms. The van der Waals surface area contributed by atoms with E-state index in [1.165, 1.54) is 12.8 Å². The van der Waals surface area contributed by atoms with E-state index in [2.05, 4.69) is 48.9 Å². The molecule has 2 aromatic carbocycles. The van der Waals surface area contributed by atoms with Crippen molar-refractivity contribution in [2.45, 2.75) is 82.5 Å². The summed E-state index contributed by atoms with van der Waals surface area (Å²) in [6.07, 6.45) is 8.73. The van der Waals surface area contributed by atoms with Crippen LogP contribution in [0.2, 0.25) is 10.0 Å². The highest BCUT2D eigenvalue weighted by molar-refractivity contribution is 6.43. The van der Waals surface area contributed by atoms with Gasteiger partial charge in [-0.1, -0.05) is 35.3 Å². The van der Waals surface area contributed by atoms with Gasteiger partial charge in [0.1, 0.15) is 5.52 Å². The van der Waals surface area contributed by atoms with Crippen molar-refractivity contribution < 1.29 is 13.9 Å². The summed E-state index contributed by atoms with van der Waals surface area (Å²) in [5, 5.41) is 15.8. The largest absolute Gasteiger partial charge is 0.477 e. The van der Waals surface area contributed by atoms with Gasteiger partial charge in [0.25, 0.3) is 0 Å². The number of nitrogens with zero attached hydrogens (tertiary/aromatic N) is 6. The molecular weight excluding hydrogens is 760 g/mol. The molecule has 3 aliphatic carbocycles. The van der Waals surface area contributed by atoms with E-state index in [1.807, 2.05) is 19.2 Å². The third kappa shape index (κ3) is 5.82. The molecule has 3 saturated carbocycles. The molecule has 5 aromatic rings. The van der Waals surface area contributed by atoms with Gasteiger partial charge in [-0.3, -0.25) is 4.79 Å². The molecule has 7 aliphatic rings. The number of anilines is 1. The van der Waals surface area contributed by atoms with E-state index in [0.29, 0.717) is 52.5 Å². The van der Waals surface area contributed by atoms with Crippen molar-refractivity contribution in [2.24, 2.45) is 23.7 Å². The summed E-state index contributed by atoms with van der Waals surface area (Å²) < 4.78 is 26.0. The normalized spacial score (nSPS) is 26.3. The van der Waals surface area contributed by atoms with Gasteiger partial charge in [0, 0.05) is 95.2 Å². The highest BCUT2D eigenvalue weighted by Crippen LogP contribution is 2.54. The Balaban J connectivity index is 1.09. The lowest BCUT2D eigenvalue weighted by molar-refractivity contribution is -0.135. The number of pyridine rings is 2. The van der Waals surface area contributed by atoms with Crippen LogP contribution in [0.3, 0.4) is 0 Å². The first-order chi connectivity index (χ1) is 27.8. The summed E-state index contributed by atoms with van der Waals surface area (Å²) >= 11 is 13.2. The van der Waals surface area contributed by atoms with Crippen LogP contribution in [0.4, 0.5) is 10.1 Å². The number of piperidine rings is 1. The van der Waals surface area contributed by atoms with Crippen LogP contribution in [0.5, 0.6) is 5.88 Å². The maximum absolute atomic E-state index is 17.4. The van der Waals surface area contributed by atoms with Crippen molar-refractivity contribution in [1.29, 1.82) is 5.26 Å². The van der Waals surface area contributed by atoms with Crippen LogP contribution in [-0.4, -0.2) is 63.7 Å². The molecule has 9 nitrogen and oxygen atoms in total. The van der Waals surface area contributed by atoms with Gasteiger partial charge < -0.3 is 24.4 Å². The van der Waals surface area contributed by atoms with Crippen LogP contribution < -0.4 is 15.0 Å². The van der Waals surface area contributed by atoms with Gasteiger partial charge in [0.15, 0.2) is 5.82 Å². The number of halogens is 3. The van der Waals surface area contributed by atoms with E-state index < -0.39 is 5.82 Å². The summed E-state index contributed by atoms with van der Waals surface area (Å²) in [6.45, 7) is 5.15. The molecule has 0 unspecified atom stereocenters. The third-order valence-electron chi connectivity index (χ3n) is 13.8. The number of aromatic nitrogens is 3. The number of nitrogens with one attached hydrogen (secondary N) is 1. The Hall–Kier alpha value is -4.43. The third-order valence-corrected chi connectivity index (χ3v) is 14.6. The average Bonchev–Trinajstić information content (AvgIpc) is 4.09. The lowest BCUT2D eigenvalue weighted by Crippen LogP contribution is -2.45. The molecule has 4 saturated heterocycles. The van der Waals surface area contributed by atoms with E-state index >= 15 is 4.39 Å². The van der Waals surface area contributed by atoms with Crippen molar-refractivity contribution >= 4 is 56.6 Å². The molecule has 6 atom stereocenters. The SMILES string of the molecule is Cc1nc2c(F)c(-c3cccc(Cl)c3Cl)c(CCC#N)cc2c2c1cc([C@H]1[C@H]3C[C@H](CN(c4ccnc(OCC5CC5)c4)C3)N1C(=O)C1CC1)n2[C@H]1[C@H]2CN[C@@H]1C2. The fourth-order valence-electron chi connectivity index (χ4n) is 10.7. The number of ether oxygens (including phenoxy) is 1. The summed E-state index contributed by atoms with van der Waals surface area (Å²) in [4.78, 5) is 28.8. The second-order valence-electron chi connectivity index (χ2n) is 17.4. The molecule has 4 aliphatic heterocycles. The number of benzene rings is 2. The van der Waals surface area contributed by atoms with Gasteiger partial charge in [0.05, 0.1) is 46.4 Å². The Kier molecular flexibility index (Phi) is 8.50. The molecule has 12 heteroatoms. The van der Waals surface area contributed by atoms with Gasteiger partial charge in [-0.2, -0.15) is 5.26 Å². The van der Waals surface area contributed by atoms with E-state index in [0.717, 1.165) is 78.7 Å². The first-order valence-electron chi connectivity index (χ1n) is 20.6. The zero-order valence-corrected chi connectivity index (χ0v) is 33.4. The van der Waals surface area contributed by atoms with Crippen LogP contribution in [0.25, 0.3) is 32.9 Å². The number of nitriles is 1. The molecule has 12 rings (SSSR count). The molecule has 4 bridgehead atoms. The summed E-state index contributed by atoms with van der Waals surface area (Å²) in [5.74, 6) is 1.77. The zero-order valence-electron chi connectivity index (χ0n) is 31.9. The Morgan fingerprint density at radius 1 is 1.07 bits per heavy atom. The predicted octanol–water partition coefficient (Wildman–Crippen LogP) is 8.97. The highest BCUT2D eigenvalue weighted by Gasteiger charge is 2.55. The molecule has 0 spiro atoms. The topological polar surface area (TPSA) is 99.3 Å². The molecule has 292 valence electrons. The number of rotatable bonds is 10. The second-order valence-corrected chi connectivity index (χ2v) is 18.2. The number of amides is 1. The van der Waals surface area contributed by atoms with E-state index in [4.69, 9.17) is 32.9 Å². The minimum atomic E-state index is -0.464. The van der Waals surface area contributed by atoms with Gasteiger partial charge >= 0.3 is 0 Å². The molecular formula is C45H44Cl2FN7O2. The van der Waals surface area contributed by atoms with Gasteiger partial charge in [-0.05, 0) is 93.5 Å². The standard InChI is InChI=1S/C45H44Cl2FN7O2/c1-23-32-18-36(43-28-14-30(54(43)45(56)25-9-10-25)21-53(20-28)29-11-13-50-37(17-29)57-22-24-7-8-24)55(42-27-16-35(42)51-19-27)44(32)33-15-26(4-3-12-49)38(40(48)41(33)52-23)31-5-2-6-34(46)39(31)47/h2,5-6,11,13,15,17-18,24-25,27-28,30,35,42-43,51H,3-4,7-10,14,16,19-22H2,1H3/t27-,28+,30-,35-,42+,43-/m1/s1. The fraction of sp³-hybridized carbons (Fsp3) is 0.467. The van der Waals surface area contributed by atoms with Gasteiger partial charge in [0.2, 0.25) is 11.8 Å². The number of carbonyl (C=O) groups is 1. The number of fused-ring (bicyclic) bond motifs is 6. The molecule has 3 aromatic heterocycles. The Bertz CT molecular complexity index is 2510. The summed E-state index contributed by atoms with van der Waals surface area (Å²) in [7, 11) is 0. The smallest absolute Gasteiger partial charge is 0.226 e. The maximum Gasteiger partial charge on any atom is 0.226 e. The van der Waals surface area contributed by atoms with Crippen molar-refractivity contribution in [2.75, 3.05) is 31.1 Å². The summed E-state index contributed by atoms with van der Waals surface area (Å²) in [5.41, 5.74) is 5.69. The van der Waals surface area contributed by atoms with Crippen LogP contribution >= 0.6 is 23.2 Å². The number of hydrogen-bond acceptors (Lipinski definition) is 7. The first-order valence-corrected chi connectivity index (χ1v) is 21.4. The van der Waals surface area contributed by atoms with Crippen LogP contribution in [-0.2, 0) is 11.2 Å². The average molecular weight is 805 g/mol. The molecule has 7 fully saturated rings. The van der Waals surface area contributed by atoms with Crippen molar-refractivity contribution in [3.8, 4) is 23.1 Å². The van der Waals surface area contributed by atoms with Crippen LogP contribution in [0, 0.1) is 47.7 Å². The lowest BCUT2D eigenvalue weighted by atomic mass is 9.79. The zero-order chi connectivity index (χ0) is 38.7. The molecule has 1 N–H and O–H groups in total. The lowest BCUT2D eigenvalue weighted by Gasteiger charge is -2.40. The van der Waals surface area contributed by atoms with Crippen molar-refractivity contribution in [3.63, 3.8) is 0 Å². The molecule has 7 heterocycles. The van der Waals surface area contributed by atoms with E-state index in [9.17, 15) is 10.1 Å². The summed E-state index contributed by atoms with van der Waals surface area (Å²) in [6, 6.07) is 16.3. The minimum Gasteiger partial charge on any atom is -0.477 e. The number of aryl methyl sites for hydroxylation is 2. The quantitative estimate of drug-likeness (QED) is 0.151. The van der Waals surface area contributed by atoms with E-state index in [-0.39, 0.29) is 58.9 Å². The Morgan fingerprint density at radius 3 is 2.68 bits per heavy atom. The molecule has 1 amide bonds. The highest BCUT2D eigenvalue weighted by atomic mass is 35.5. The van der Waals surface area contributed by atoms with E-state index in [1.54, 1.807) is 18.2 Å². The Morgan fingerprint density at radius 2 is 1.93 bits per heavy atom. The van der Waals surface area contributed by atoms with Crippen molar-refractivity contribution in [3.05, 3.63) is 81.5 Å². The van der Waals surface area contributed by atoms with Crippen molar-refractivity contribution in [1.82, 2.24) is 24.8 Å². The first kappa shape index (κ1) is 35.7. The predicted molar refractivity (Wildman–Crippen MR) is 219 cm³/mol. The maximum atomic E-state index is 17.4.